The van der Waals surface area contributed by atoms with E-state index in [2.05, 4.69) is 19.7 Å². The van der Waals surface area contributed by atoms with Crippen LogP contribution in [0.1, 0.15) is 43.2 Å². The van der Waals surface area contributed by atoms with E-state index < -0.39 is 0 Å². The summed E-state index contributed by atoms with van der Waals surface area (Å²) >= 11 is 0. The van der Waals surface area contributed by atoms with Gasteiger partial charge in [0.2, 0.25) is 5.91 Å². The molecule has 0 unspecified atom stereocenters. The second-order valence-corrected chi connectivity index (χ2v) is 8.32. The van der Waals surface area contributed by atoms with Crippen molar-refractivity contribution in [2.45, 2.75) is 50.7 Å². The Morgan fingerprint density at radius 3 is 2.59 bits per heavy atom. The Morgan fingerprint density at radius 1 is 1.03 bits per heavy atom. The van der Waals surface area contributed by atoms with Gasteiger partial charge in [-0.2, -0.15) is 0 Å². The first-order valence-corrected chi connectivity index (χ1v) is 11.0. The number of hydrogen-bond donors (Lipinski definition) is 0. The van der Waals surface area contributed by atoms with Gasteiger partial charge in [0.15, 0.2) is 23.1 Å². The highest BCUT2D eigenvalue weighted by Gasteiger charge is 2.41. The van der Waals surface area contributed by atoms with Gasteiger partial charge in [-0.15, -0.1) is 10.2 Å². The molecule has 0 spiro atoms. The van der Waals surface area contributed by atoms with Crippen molar-refractivity contribution >= 4 is 5.91 Å². The van der Waals surface area contributed by atoms with Crippen LogP contribution in [-0.4, -0.2) is 50.8 Å². The highest BCUT2D eigenvalue weighted by atomic mass is 16.5. The molecule has 166 valence electrons. The summed E-state index contributed by atoms with van der Waals surface area (Å²) in [5.74, 6) is 3.08. The van der Waals surface area contributed by atoms with E-state index in [9.17, 15) is 4.79 Å². The number of benzene rings is 1. The molecule has 0 saturated heterocycles. The van der Waals surface area contributed by atoms with Crippen LogP contribution in [0, 0.1) is 0 Å². The third kappa shape index (κ3) is 3.59. The zero-order valence-electron chi connectivity index (χ0n) is 18.4. The van der Waals surface area contributed by atoms with E-state index in [1.165, 1.54) is 0 Å². The highest BCUT2D eigenvalue weighted by Crippen LogP contribution is 2.41. The van der Waals surface area contributed by atoms with Crippen LogP contribution in [0.25, 0.3) is 11.4 Å². The SMILES string of the molecule is COc1ccc(-c2nnc3n2[C@@H]2CCCC[C@@H]2N(C(=O)Cc2ccccn2)C3)cc1OC. The number of ether oxygens (including phenoxy) is 2. The van der Waals surface area contributed by atoms with E-state index >= 15 is 0 Å². The third-order valence-electron chi connectivity index (χ3n) is 6.52. The minimum absolute atomic E-state index is 0.0996. The van der Waals surface area contributed by atoms with Gasteiger partial charge >= 0.3 is 0 Å². The quantitative estimate of drug-likeness (QED) is 0.613. The van der Waals surface area contributed by atoms with Crippen LogP contribution in [0.2, 0.25) is 0 Å². The molecule has 0 N–H and O–H groups in total. The normalized spacial score (nSPS) is 19.8. The maximum Gasteiger partial charge on any atom is 0.229 e. The van der Waals surface area contributed by atoms with Crippen LogP contribution < -0.4 is 9.47 Å². The lowest BCUT2D eigenvalue weighted by Gasteiger charge is -2.44. The van der Waals surface area contributed by atoms with E-state index in [4.69, 9.17) is 9.47 Å². The summed E-state index contributed by atoms with van der Waals surface area (Å²) < 4.78 is 13.1. The van der Waals surface area contributed by atoms with Gasteiger partial charge in [-0.25, -0.2) is 0 Å². The van der Waals surface area contributed by atoms with Gasteiger partial charge in [0.25, 0.3) is 0 Å². The smallest absolute Gasteiger partial charge is 0.229 e. The summed E-state index contributed by atoms with van der Waals surface area (Å²) in [6.45, 7) is 0.465. The first-order chi connectivity index (χ1) is 15.7. The molecule has 8 nitrogen and oxygen atoms in total. The lowest BCUT2D eigenvalue weighted by Crippen LogP contribution is -2.51. The Hall–Kier alpha value is -3.42. The topological polar surface area (TPSA) is 82.4 Å². The molecular weight excluding hydrogens is 406 g/mol. The molecule has 5 rings (SSSR count). The summed E-state index contributed by atoms with van der Waals surface area (Å²) in [6.07, 6.45) is 6.28. The first-order valence-electron chi connectivity index (χ1n) is 11.0. The van der Waals surface area contributed by atoms with Crippen LogP contribution in [0.5, 0.6) is 11.5 Å². The fourth-order valence-corrected chi connectivity index (χ4v) is 5.01. The molecule has 3 heterocycles. The predicted molar refractivity (Wildman–Crippen MR) is 118 cm³/mol. The number of carbonyl (C=O) groups excluding carboxylic acids is 1. The molecule has 1 aliphatic carbocycles. The zero-order valence-corrected chi connectivity index (χ0v) is 18.4. The maximum absolute atomic E-state index is 13.3. The molecule has 1 aromatic carbocycles. The van der Waals surface area contributed by atoms with Crippen LogP contribution >= 0.6 is 0 Å². The molecule has 8 heteroatoms. The Labute approximate surface area is 187 Å². The van der Waals surface area contributed by atoms with Crippen molar-refractivity contribution in [3.05, 3.63) is 54.1 Å². The molecule has 0 bridgehead atoms. The minimum Gasteiger partial charge on any atom is -0.493 e. The summed E-state index contributed by atoms with van der Waals surface area (Å²) in [4.78, 5) is 19.6. The van der Waals surface area contributed by atoms with E-state index in [1.807, 2.05) is 41.3 Å². The van der Waals surface area contributed by atoms with Gasteiger partial charge in [0, 0.05) is 17.5 Å². The monoisotopic (exact) mass is 433 g/mol. The largest absolute Gasteiger partial charge is 0.493 e. The van der Waals surface area contributed by atoms with Crippen LogP contribution in [0.4, 0.5) is 0 Å². The van der Waals surface area contributed by atoms with E-state index in [1.54, 1.807) is 20.4 Å². The number of aromatic nitrogens is 4. The van der Waals surface area contributed by atoms with Crippen molar-refractivity contribution in [2.75, 3.05) is 14.2 Å². The number of methoxy groups -OCH3 is 2. The molecule has 1 saturated carbocycles. The van der Waals surface area contributed by atoms with Gasteiger partial charge in [0.1, 0.15) is 0 Å². The molecular formula is C24H27N5O3. The van der Waals surface area contributed by atoms with Gasteiger partial charge < -0.3 is 18.9 Å². The average Bonchev–Trinajstić information content (AvgIpc) is 3.28. The summed E-state index contributed by atoms with van der Waals surface area (Å²) in [6, 6.07) is 11.8. The van der Waals surface area contributed by atoms with Gasteiger partial charge in [-0.3, -0.25) is 9.78 Å². The van der Waals surface area contributed by atoms with Crippen LogP contribution in [0.3, 0.4) is 0 Å². The van der Waals surface area contributed by atoms with E-state index in [0.717, 1.165) is 48.6 Å². The number of amides is 1. The van der Waals surface area contributed by atoms with Crippen molar-refractivity contribution in [2.24, 2.45) is 0 Å². The maximum atomic E-state index is 13.3. The Morgan fingerprint density at radius 2 is 1.84 bits per heavy atom. The lowest BCUT2D eigenvalue weighted by atomic mass is 9.86. The predicted octanol–water partition coefficient (Wildman–Crippen LogP) is 3.43. The molecule has 2 aromatic heterocycles. The molecule has 1 amide bonds. The Bertz CT molecular complexity index is 1110. The van der Waals surface area contributed by atoms with Crippen molar-refractivity contribution in [1.82, 2.24) is 24.6 Å². The third-order valence-corrected chi connectivity index (χ3v) is 6.52. The second kappa shape index (κ2) is 8.61. The Kier molecular flexibility index (Phi) is 5.51. The fourth-order valence-electron chi connectivity index (χ4n) is 5.01. The summed E-state index contributed by atoms with van der Waals surface area (Å²) in [5.41, 5.74) is 1.72. The number of pyridine rings is 1. The number of rotatable bonds is 5. The summed E-state index contributed by atoms with van der Waals surface area (Å²) in [5, 5.41) is 9.03. The van der Waals surface area contributed by atoms with Crippen molar-refractivity contribution in [1.29, 1.82) is 0 Å². The van der Waals surface area contributed by atoms with Crippen LogP contribution in [-0.2, 0) is 17.8 Å². The van der Waals surface area contributed by atoms with E-state index in [-0.39, 0.29) is 18.0 Å². The number of carbonyl (C=O) groups is 1. The minimum atomic E-state index is 0.0996. The van der Waals surface area contributed by atoms with Gasteiger partial charge in [0.05, 0.1) is 39.3 Å². The molecule has 1 fully saturated rings. The second-order valence-electron chi connectivity index (χ2n) is 8.32. The highest BCUT2D eigenvalue weighted by molar-refractivity contribution is 5.79. The fraction of sp³-hybridized carbons (Fsp3) is 0.417. The Balaban J connectivity index is 1.49. The molecule has 3 aromatic rings. The van der Waals surface area contributed by atoms with E-state index in [0.29, 0.717) is 24.5 Å². The zero-order chi connectivity index (χ0) is 22.1. The standard InChI is InChI=1S/C24H27N5O3/c1-31-20-11-10-16(13-21(20)32-2)24-27-26-22-15-28(18-8-3-4-9-19(18)29(22)24)23(30)14-17-7-5-6-12-25-17/h5-7,10-13,18-19H,3-4,8-9,14-15H2,1-2H3/t18-,19+/m0/s1. The number of hydrogen-bond acceptors (Lipinski definition) is 6. The van der Waals surface area contributed by atoms with Crippen LogP contribution in [0.15, 0.2) is 42.6 Å². The van der Waals surface area contributed by atoms with Gasteiger partial charge in [-0.1, -0.05) is 18.9 Å². The number of fused-ring (bicyclic) bond motifs is 3. The van der Waals surface area contributed by atoms with Crippen molar-refractivity contribution in [3.8, 4) is 22.9 Å². The molecule has 1 aliphatic heterocycles. The molecule has 2 aliphatic rings. The molecule has 32 heavy (non-hydrogen) atoms. The van der Waals surface area contributed by atoms with Crippen molar-refractivity contribution in [3.63, 3.8) is 0 Å². The first kappa shape index (κ1) is 20.5. The number of nitrogens with zero attached hydrogens (tertiary/aromatic N) is 5. The molecule has 2 atom stereocenters. The van der Waals surface area contributed by atoms with Gasteiger partial charge in [-0.05, 0) is 43.2 Å². The average molecular weight is 434 g/mol. The molecule has 0 radical (unpaired) electrons. The summed E-state index contributed by atoms with van der Waals surface area (Å²) in [7, 11) is 3.25. The van der Waals surface area contributed by atoms with Crippen molar-refractivity contribution < 1.29 is 14.3 Å². The lowest BCUT2D eigenvalue weighted by molar-refractivity contribution is -0.137.